The molecule has 0 aliphatic rings. The standard InChI is InChI=1S/C9H20N2/c1-5-7-9(3)10-11(4)8-6-2/h6,8-10H,5,7H2,1-4H3/b8-6-/t9-/m0/s1. The number of nitrogens with one attached hydrogen (secondary N) is 1. The van der Waals surface area contributed by atoms with Crippen molar-refractivity contribution >= 4 is 0 Å². The highest BCUT2D eigenvalue weighted by Gasteiger charge is 1.99. The Morgan fingerprint density at radius 1 is 1.55 bits per heavy atom. The van der Waals surface area contributed by atoms with Crippen molar-refractivity contribution in [3.63, 3.8) is 0 Å². The van der Waals surface area contributed by atoms with Gasteiger partial charge in [0, 0.05) is 19.3 Å². The molecule has 1 N–H and O–H groups in total. The van der Waals surface area contributed by atoms with Gasteiger partial charge < -0.3 is 5.01 Å². The van der Waals surface area contributed by atoms with Crippen LogP contribution < -0.4 is 5.43 Å². The molecule has 0 saturated carbocycles. The highest BCUT2D eigenvalue weighted by Crippen LogP contribution is 1.95. The van der Waals surface area contributed by atoms with Crippen molar-refractivity contribution in [2.75, 3.05) is 7.05 Å². The molecule has 0 aromatic carbocycles. The number of hydrazine groups is 1. The smallest absolute Gasteiger partial charge is 0.0234 e. The summed E-state index contributed by atoms with van der Waals surface area (Å²) in [6, 6.07) is 0.571. The summed E-state index contributed by atoms with van der Waals surface area (Å²) in [5, 5.41) is 2.00. The molecule has 1 atom stereocenters. The molecular formula is C9H20N2. The van der Waals surface area contributed by atoms with Gasteiger partial charge in [0.2, 0.25) is 0 Å². The average Bonchev–Trinajstić information content (AvgIpc) is 1.87. The first-order chi connectivity index (χ1) is 5.20. The van der Waals surface area contributed by atoms with E-state index in [1.165, 1.54) is 12.8 Å². The summed E-state index contributed by atoms with van der Waals surface area (Å²) in [6.07, 6.45) is 6.50. The molecule has 0 heterocycles. The van der Waals surface area contributed by atoms with Crippen LogP contribution in [0.25, 0.3) is 0 Å². The molecule has 0 radical (unpaired) electrons. The lowest BCUT2D eigenvalue weighted by Gasteiger charge is -2.20. The van der Waals surface area contributed by atoms with Gasteiger partial charge in [0.05, 0.1) is 0 Å². The fraction of sp³-hybridized carbons (Fsp3) is 0.778. The van der Waals surface area contributed by atoms with Crippen molar-refractivity contribution in [2.45, 2.75) is 39.7 Å². The highest BCUT2D eigenvalue weighted by atomic mass is 15.5. The topological polar surface area (TPSA) is 15.3 Å². The summed E-state index contributed by atoms with van der Waals surface area (Å²) in [7, 11) is 2.02. The molecule has 2 heteroatoms. The molecule has 0 aromatic rings. The molecule has 0 amide bonds. The van der Waals surface area contributed by atoms with Gasteiger partial charge in [-0.3, -0.25) is 0 Å². The lowest BCUT2D eigenvalue weighted by atomic mass is 10.2. The van der Waals surface area contributed by atoms with E-state index in [1.54, 1.807) is 0 Å². The Morgan fingerprint density at radius 2 is 2.18 bits per heavy atom. The van der Waals surface area contributed by atoms with Crippen LogP contribution in [0.2, 0.25) is 0 Å². The Balaban J connectivity index is 3.48. The van der Waals surface area contributed by atoms with Crippen LogP contribution in [0, 0.1) is 0 Å². The molecule has 0 bridgehead atoms. The van der Waals surface area contributed by atoms with Crippen molar-refractivity contribution in [3.05, 3.63) is 12.3 Å². The third kappa shape index (κ3) is 5.92. The predicted octanol–water partition coefficient (Wildman–Crippen LogP) is 2.15. The summed E-state index contributed by atoms with van der Waals surface area (Å²) in [4.78, 5) is 0. The first-order valence-corrected chi connectivity index (χ1v) is 4.32. The van der Waals surface area contributed by atoms with E-state index in [-0.39, 0.29) is 0 Å². The third-order valence-electron chi connectivity index (χ3n) is 1.52. The second kappa shape index (κ2) is 6.23. The minimum atomic E-state index is 0.571. The summed E-state index contributed by atoms with van der Waals surface area (Å²) in [5.74, 6) is 0. The molecule has 0 spiro atoms. The Morgan fingerprint density at radius 3 is 2.64 bits per heavy atom. The van der Waals surface area contributed by atoms with E-state index in [2.05, 4.69) is 19.3 Å². The van der Waals surface area contributed by atoms with Gasteiger partial charge >= 0.3 is 0 Å². The van der Waals surface area contributed by atoms with Gasteiger partial charge in [0.1, 0.15) is 0 Å². The Labute approximate surface area is 70.2 Å². The van der Waals surface area contributed by atoms with Crippen LogP contribution in [0.1, 0.15) is 33.6 Å². The van der Waals surface area contributed by atoms with Crippen molar-refractivity contribution < 1.29 is 0 Å². The first-order valence-electron chi connectivity index (χ1n) is 4.32. The third-order valence-corrected chi connectivity index (χ3v) is 1.52. The van der Waals surface area contributed by atoms with Crippen LogP contribution in [-0.2, 0) is 0 Å². The molecule has 2 nitrogen and oxygen atoms in total. The molecule has 11 heavy (non-hydrogen) atoms. The monoisotopic (exact) mass is 156 g/mol. The molecule has 0 rings (SSSR count). The molecule has 66 valence electrons. The molecule has 0 fully saturated rings. The second-order valence-electron chi connectivity index (χ2n) is 2.91. The Kier molecular flexibility index (Phi) is 5.94. The molecule has 0 aromatic heterocycles. The lowest BCUT2D eigenvalue weighted by molar-refractivity contribution is 0.273. The van der Waals surface area contributed by atoms with E-state index in [9.17, 15) is 0 Å². The fourth-order valence-corrected chi connectivity index (χ4v) is 1.11. The van der Waals surface area contributed by atoms with Crippen LogP contribution in [0.15, 0.2) is 12.3 Å². The molecule has 0 saturated heterocycles. The lowest BCUT2D eigenvalue weighted by Crippen LogP contribution is -2.37. The first kappa shape index (κ1) is 10.5. The maximum Gasteiger partial charge on any atom is 0.0234 e. The number of hydrogen-bond acceptors (Lipinski definition) is 2. The normalized spacial score (nSPS) is 13.8. The van der Waals surface area contributed by atoms with Crippen LogP contribution in [0.5, 0.6) is 0 Å². The van der Waals surface area contributed by atoms with Gasteiger partial charge in [-0.1, -0.05) is 19.4 Å². The van der Waals surface area contributed by atoms with Gasteiger partial charge in [-0.05, 0) is 20.3 Å². The van der Waals surface area contributed by atoms with E-state index < -0.39 is 0 Å². The fourth-order valence-electron chi connectivity index (χ4n) is 1.11. The van der Waals surface area contributed by atoms with E-state index in [1.807, 2.05) is 31.3 Å². The zero-order chi connectivity index (χ0) is 8.69. The summed E-state index contributed by atoms with van der Waals surface area (Å²) in [5.41, 5.74) is 3.33. The molecule has 0 aliphatic carbocycles. The maximum atomic E-state index is 3.33. The van der Waals surface area contributed by atoms with Crippen LogP contribution in [0.4, 0.5) is 0 Å². The number of hydrogen-bond donors (Lipinski definition) is 1. The van der Waals surface area contributed by atoms with Gasteiger partial charge in [0.15, 0.2) is 0 Å². The minimum Gasteiger partial charge on any atom is -0.319 e. The van der Waals surface area contributed by atoms with Gasteiger partial charge in [-0.2, -0.15) is 0 Å². The quantitative estimate of drug-likeness (QED) is 0.613. The van der Waals surface area contributed by atoms with E-state index in [0.29, 0.717) is 6.04 Å². The summed E-state index contributed by atoms with van der Waals surface area (Å²) in [6.45, 7) is 6.42. The number of nitrogens with zero attached hydrogens (tertiary/aromatic N) is 1. The van der Waals surface area contributed by atoms with Crippen molar-refractivity contribution in [2.24, 2.45) is 0 Å². The average molecular weight is 156 g/mol. The predicted molar refractivity (Wildman–Crippen MR) is 50.1 cm³/mol. The maximum absolute atomic E-state index is 3.33. The van der Waals surface area contributed by atoms with Crippen molar-refractivity contribution in [3.8, 4) is 0 Å². The van der Waals surface area contributed by atoms with Crippen molar-refractivity contribution in [1.82, 2.24) is 10.4 Å². The minimum absolute atomic E-state index is 0.571. The Hall–Kier alpha value is -0.500. The summed E-state index contributed by atoms with van der Waals surface area (Å²) >= 11 is 0. The zero-order valence-electron chi connectivity index (χ0n) is 8.09. The largest absolute Gasteiger partial charge is 0.319 e. The second-order valence-corrected chi connectivity index (χ2v) is 2.91. The van der Waals surface area contributed by atoms with Crippen LogP contribution >= 0.6 is 0 Å². The molecular weight excluding hydrogens is 136 g/mol. The van der Waals surface area contributed by atoms with Gasteiger partial charge in [-0.25, -0.2) is 5.43 Å². The van der Waals surface area contributed by atoms with Crippen LogP contribution in [-0.4, -0.2) is 18.1 Å². The van der Waals surface area contributed by atoms with Crippen molar-refractivity contribution in [1.29, 1.82) is 0 Å². The van der Waals surface area contributed by atoms with Gasteiger partial charge in [0.25, 0.3) is 0 Å². The van der Waals surface area contributed by atoms with E-state index in [4.69, 9.17) is 0 Å². The Bertz CT molecular complexity index is 110. The zero-order valence-corrected chi connectivity index (χ0v) is 8.09. The molecule has 0 unspecified atom stereocenters. The van der Waals surface area contributed by atoms with E-state index >= 15 is 0 Å². The number of allylic oxidation sites excluding steroid dienone is 1. The summed E-state index contributed by atoms with van der Waals surface area (Å²) < 4.78 is 0. The van der Waals surface area contributed by atoms with Crippen LogP contribution in [0.3, 0.4) is 0 Å². The van der Waals surface area contributed by atoms with E-state index in [0.717, 1.165) is 0 Å². The highest BCUT2D eigenvalue weighted by molar-refractivity contribution is 4.74. The number of rotatable bonds is 5. The SMILES string of the molecule is C/C=C\N(C)N[C@@H](C)CCC. The molecule has 0 aliphatic heterocycles. The van der Waals surface area contributed by atoms with Gasteiger partial charge in [-0.15, -0.1) is 0 Å².